The Hall–Kier alpha value is -1.81. The second kappa shape index (κ2) is 16.0. The lowest BCUT2D eigenvalue weighted by Crippen LogP contribution is -2.11. The zero-order chi connectivity index (χ0) is 22.1. The van der Waals surface area contributed by atoms with E-state index in [4.69, 9.17) is 0 Å². The first kappa shape index (κ1) is 27.2. The normalized spacial score (nSPS) is 13.6. The number of hydrogen-bond donors (Lipinski definition) is 0. The van der Waals surface area contributed by atoms with E-state index in [-0.39, 0.29) is 0 Å². The van der Waals surface area contributed by atoms with Crippen LogP contribution in [-0.4, -0.2) is 28.3 Å². The number of sulfone groups is 1. The molecule has 0 radical (unpaired) electrons. The Kier molecular flexibility index (Phi) is 15.0. The first-order valence-corrected chi connectivity index (χ1v) is 12.6. The Morgan fingerprint density at radius 1 is 0.862 bits per heavy atom. The van der Waals surface area contributed by atoms with E-state index in [0.29, 0.717) is 10.6 Å². The van der Waals surface area contributed by atoms with Crippen molar-refractivity contribution in [1.82, 2.24) is 0 Å². The van der Waals surface area contributed by atoms with Crippen LogP contribution >= 0.6 is 0 Å². The molecule has 164 valence electrons. The summed E-state index contributed by atoms with van der Waals surface area (Å²) in [5.41, 5.74) is 2.04. The molecule has 3 nitrogen and oxygen atoms in total. The Morgan fingerprint density at radius 3 is 1.79 bits per heavy atom. The van der Waals surface area contributed by atoms with Crippen molar-refractivity contribution in [3.63, 3.8) is 0 Å². The maximum atomic E-state index is 12.0. The minimum Gasteiger partial charge on any atom is -0.378 e. The van der Waals surface area contributed by atoms with Gasteiger partial charge >= 0.3 is 0 Å². The minimum absolute atomic E-state index is 0.293. The molecule has 0 N–H and O–H groups in total. The fourth-order valence-electron chi connectivity index (χ4n) is 2.80. The van der Waals surface area contributed by atoms with Crippen LogP contribution in [0.2, 0.25) is 0 Å². The number of fused-ring (bicyclic) bond motifs is 1. The maximum absolute atomic E-state index is 12.0. The molecule has 0 amide bonds. The molecule has 4 heteroatoms. The molecule has 0 bridgehead atoms. The highest BCUT2D eigenvalue weighted by Crippen LogP contribution is 2.27. The second-order valence-corrected chi connectivity index (χ2v) is 9.05. The zero-order valence-corrected chi connectivity index (χ0v) is 20.1. The Morgan fingerprint density at radius 2 is 1.38 bits per heavy atom. The Labute approximate surface area is 180 Å². The van der Waals surface area contributed by atoms with Crippen LogP contribution in [0.3, 0.4) is 0 Å². The number of unbranched alkanes of at least 4 members (excludes halogenated alkanes) is 2. The van der Waals surface area contributed by atoms with Crippen molar-refractivity contribution < 1.29 is 8.42 Å². The smallest absolute Gasteiger partial charge is 0.178 e. The van der Waals surface area contributed by atoms with E-state index < -0.39 is 9.84 Å². The largest absolute Gasteiger partial charge is 0.378 e. The summed E-state index contributed by atoms with van der Waals surface area (Å²) < 4.78 is 23.9. The lowest BCUT2D eigenvalue weighted by molar-refractivity contribution is 0.594. The fraction of sp³-hybridized carbons (Fsp3) is 0.520. The first-order chi connectivity index (χ1) is 13.9. The zero-order valence-electron chi connectivity index (χ0n) is 19.3. The minimum atomic E-state index is -3.04. The van der Waals surface area contributed by atoms with E-state index >= 15 is 0 Å². The summed E-state index contributed by atoms with van der Waals surface area (Å²) in [5, 5.41) is 0. The van der Waals surface area contributed by atoms with Crippen LogP contribution in [0.4, 0.5) is 5.69 Å². The van der Waals surface area contributed by atoms with Gasteiger partial charge in [-0.15, -0.1) is 0 Å². The summed E-state index contributed by atoms with van der Waals surface area (Å²) in [6, 6.07) is 17.6. The number of nitrogens with zero attached hydrogens (tertiary/aromatic N) is 1. The van der Waals surface area contributed by atoms with E-state index in [2.05, 4.69) is 13.8 Å². The van der Waals surface area contributed by atoms with Crippen molar-refractivity contribution in [2.75, 3.05) is 24.7 Å². The third-order valence-corrected chi connectivity index (χ3v) is 6.27. The van der Waals surface area contributed by atoms with Crippen LogP contribution in [0.5, 0.6) is 0 Å². The van der Waals surface area contributed by atoms with E-state index in [0.717, 1.165) is 30.5 Å². The number of hydrogen-bond acceptors (Lipinski definition) is 3. The number of rotatable bonds is 3. The second-order valence-electron chi connectivity index (χ2n) is 6.97. The van der Waals surface area contributed by atoms with Crippen molar-refractivity contribution in [3.8, 4) is 0 Å². The predicted octanol–water partition coefficient (Wildman–Crippen LogP) is 6.77. The van der Waals surface area contributed by atoms with Gasteiger partial charge in [0.2, 0.25) is 0 Å². The molecule has 29 heavy (non-hydrogen) atoms. The van der Waals surface area contributed by atoms with Gasteiger partial charge in [-0.2, -0.15) is 0 Å². The molecule has 2 aromatic carbocycles. The van der Waals surface area contributed by atoms with E-state index in [1.807, 2.05) is 81.4 Å². The van der Waals surface area contributed by atoms with Gasteiger partial charge in [-0.1, -0.05) is 83.4 Å². The van der Waals surface area contributed by atoms with Crippen LogP contribution in [0.15, 0.2) is 59.5 Å². The molecule has 0 aliphatic carbocycles. The molecule has 0 aromatic heterocycles. The van der Waals surface area contributed by atoms with E-state index in [1.54, 1.807) is 6.07 Å². The topological polar surface area (TPSA) is 37.4 Å². The third kappa shape index (κ3) is 11.1. The van der Waals surface area contributed by atoms with Crippen LogP contribution in [-0.2, 0) is 16.3 Å². The van der Waals surface area contributed by atoms with E-state index in [9.17, 15) is 8.42 Å². The fourth-order valence-corrected chi connectivity index (χ4v) is 4.44. The lowest BCUT2D eigenvalue weighted by Gasteiger charge is -2.15. The SMILES string of the molecule is CC.CCCCC.CN(C)c1ccc2c(c1)CCCCS2(=O)=O.c1ccccc1. The van der Waals surface area contributed by atoms with Gasteiger partial charge < -0.3 is 4.90 Å². The van der Waals surface area contributed by atoms with Crippen molar-refractivity contribution in [3.05, 3.63) is 60.2 Å². The van der Waals surface area contributed by atoms with Gasteiger partial charge in [-0.05, 0) is 43.0 Å². The first-order valence-electron chi connectivity index (χ1n) is 10.9. The molecular weight excluding hydrogens is 378 g/mol. The average molecular weight is 420 g/mol. The quantitative estimate of drug-likeness (QED) is 0.551. The highest BCUT2D eigenvalue weighted by molar-refractivity contribution is 7.91. The number of anilines is 1. The van der Waals surface area contributed by atoms with Crippen molar-refractivity contribution in [1.29, 1.82) is 0 Å². The molecule has 0 saturated carbocycles. The standard InChI is InChI=1S/C12H17NO2S.C6H6.C5H12.C2H6/c1-13(2)11-6-7-12-10(9-11)5-3-4-8-16(12,14)15;1-2-4-6-5-3-1;1-3-5-4-2;1-2/h6-7,9H,3-5,8H2,1-2H3;1-6H;3-5H2,1-2H3;1-2H3. The van der Waals surface area contributed by atoms with Crippen molar-refractivity contribution in [2.24, 2.45) is 0 Å². The highest BCUT2D eigenvalue weighted by atomic mass is 32.2. The molecule has 3 rings (SSSR count). The molecule has 2 aromatic rings. The number of benzene rings is 2. The van der Waals surface area contributed by atoms with E-state index in [1.165, 1.54) is 19.3 Å². The molecule has 0 fully saturated rings. The summed E-state index contributed by atoms with van der Waals surface area (Å²) in [4.78, 5) is 2.54. The molecule has 0 atom stereocenters. The molecule has 1 aliphatic heterocycles. The van der Waals surface area contributed by atoms with Gasteiger partial charge in [-0.25, -0.2) is 8.42 Å². The summed E-state index contributed by atoms with van der Waals surface area (Å²) in [6.07, 6.45) is 6.68. The van der Waals surface area contributed by atoms with Gasteiger partial charge in [0.05, 0.1) is 10.6 Å². The van der Waals surface area contributed by atoms with Gasteiger partial charge in [0.1, 0.15) is 0 Å². The van der Waals surface area contributed by atoms with Gasteiger partial charge in [0, 0.05) is 19.8 Å². The van der Waals surface area contributed by atoms with Crippen LogP contribution in [0, 0.1) is 0 Å². The van der Waals surface area contributed by atoms with Crippen molar-refractivity contribution >= 4 is 15.5 Å². The van der Waals surface area contributed by atoms with Crippen LogP contribution in [0.25, 0.3) is 0 Å². The molecule has 0 unspecified atom stereocenters. The number of aryl methyl sites for hydroxylation is 1. The molecule has 0 spiro atoms. The maximum Gasteiger partial charge on any atom is 0.178 e. The molecule has 1 aliphatic rings. The monoisotopic (exact) mass is 419 g/mol. The van der Waals surface area contributed by atoms with Crippen LogP contribution < -0.4 is 4.90 Å². The summed E-state index contributed by atoms with van der Waals surface area (Å²) in [5.74, 6) is 0.293. The van der Waals surface area contributed by atoms with Crippen molar-refractivity contribution in [2.45, 2.75) is 71.1 Å². The van der Waals surface area contributed by atoms with Gasteiger partial charge in [-0.3, -0.25) is 0 Å². The average Bonchev–Trinajstić information content (AvgIpc) is 2.90. The lowest BCUT2D eigenvalue weighted by atomic mass is 10.1. The predicted molar refractivity (Wildman–Crippen MR) is 129 cm³/mol. The Bertz CT molecular complexity index is 712. The van der Waals surface area contributed by atoms with Gasteiger partial charge in [0.25, 0.3) is 0 Å². The summed E-state index contributed by atoms with van der Waals surface area (Å²) in [7, 11) is 0.891. The highest BCUT2D eigenvalue weighted by Gasteiger charge is 2.21. The summed E-state index contributed by atoms with van der Waals surface area (Å²) >= 11 is 0. The molecule has 1 heterocycles. The van der Waals surface area contributed by atoms with Crippen LogP contribution in [0.1, 0.15) is 65.4 Å². The third-order valence-electron chi connectivity index (χ3n) is 4.38. The molecule has 0 saturated heterocycles. The summed E-state index contributed by atoms with van der Waals surface area (Å²) in [6.45, 7) is 8.42. The van der Waals surface area contributed by atoms with Gasteiger partial charge in [0.15, 0.2) is 9.84 Å². The molecular formula is C25H41NO2S. The Balaban J connectivity index is 0.000000496.